The highest BCUT2D eigenvalue weighted by molar-refractivity contribution is 6.31. The maximum Gasteiger partial charge on any atom is 0.255 e. The second kappa shape index (κ2) is 6.54. The van der Waals surface area contributed by atoms with Crippen LogP contribution in [0.15, 0.2) is 54.6 Å². The molecule has 0 unspecified atom stereocenters. The maximum absolute atomic E-state index is 13.2. The largest absolute Gasteiger partial charge is 0.322 e. The first-order valence-electron chi connectivity index (χ1n) is 10.7. The molecule has 3 amide bonds. The highest BCUT2D eigenvalue weighted by atomic mass is 35.5. The molecule has 6 heteroatoms. The number of amides is 3. The Kier molecular flexibility index (Phi) is 3.97. The molecule has 1 saturated heterocycles. The van der Waals surface area contributed by atoms with E-state index in [9.17, 15) is 14.4 Å². The van der Waals surface area contributed by atoms with Crippen molar-refractivity contribution in [3.8, 4) is 0 Å². The summed E-state index contributed by atoms with van der Waals surface area (Å²) < 4.78 is 0. The van der Waals surface area contributed by atoms with Crippen LogP contribution in [-0.4, -0.2) is 17.7 Å². The molecular formula is C25H21ClN2O3. The smallest absolute Gasteiger partial charge is 0.255 e. The summed E-state index contributed by atoms with van der Waals surface area (Å²) in [7, 11) is 0. The number of carbonyl (C=O) groups excluding carboxylic acids is 3. The van der Waals surface area contributed by atoms with Crippen LogP contribution in [0.1, 0.15) is 22.3 Å². The van der Waals surface area contributed by atoms with E-state index >= 15 is 0 Å². The van der Waals surface area contributed by atoms with Crippen LogP contribution >= 0.6 is 11.6 Å². The molecule has 2 bridgehead atoms. The zero-order valence-electron chi connectivity index (χ0n) is 16.9. The number of halogens is 1. The molecule has 2 aromatic rings. The second-order valence-electron chi connectivity index (χ2n) is 9.13. The van der Waals surface area contributed by atoms with Crippen LogP contribution in [0.4, 0.5) is 11.4 Å². The summed E-state index contributed by atoms with van der Waals surface area (Å²) >= 11 is 6.13. The van der Waals surface area contributed by atoms with Gasteiger partial charge in [-0.2, -0.15) is 0 Å². The molecule has 2 aromatic carbocycles. The van der Waals surface area contributed by atoms with E-state index in [1.807, 2.05) is 13.0 Å². The Hall–Kier alpha value is -2.92. The summed E-state index contributed by atoms with van der Waals surface area (Å²) in [5, 5.41) is 3.41. The third-order valence-electron chi connectivity index (χ3n) is 7.48. The molecule has 5 aliphatic rings. The number of imide groups is 1. The number of rotatable bonds is 3. The highest BCUT2D eigenvalue weighted by Gasteiger charge is 2.67. The normalized spacial score (nSPS) is 32.1. The molecule has 2 saturated carbocycles. The van der Waals surface area contributed by atoms with Crippen LogP contribution in [0.5, 0.6) is 0 Å². The Balaban J connectivity index is 1.22. The molecule has 6 atom stereocenters. The van der Waals surface area contributed by atoms with Gasteiger partial charge < -0.3 is 5.32 Å². The number of hydrogen-bond acceptors (Lipinski definition) is 3. The Labute approximate surface area is 185 Å². The van der Waals surface area contributed by atoms with Crippen molar-refractivity contribution in [3.63, 3.8) is 0 Å². The molecule has 7 rings (SSSR count). The van der Waals surface area contributed by atoms with Crippen molar-refractivity contribution in [2.24, 2.45) is 35.5 Å². The van der Waals surface area contributed by atoms with Crippen LogP contribution in [0.3, 0.4) is 0 Å². The third kappa shape index (κ3) is 2.72. The number of nitrogens with one attached hydrogen (secondary N) is 1. The van der Waals surface area contributed by atoms with Gasteiger partial charge in [-0.15, -0.1) is 0 Å². The summed E-state index contributed by atoms with van der Waals surface area (Å²) in [5.41, 5.74) is 2.53. The Bertz CT molecular complexity index is 1140. The molecule has 3 fully saturated rings. The van der Waals surface area contributed by atoms with E-state index < -0.39 is 0 Å². The minimum Gasteiger partial charge on any atom is -0.322 e. The summed E-state index contributed by atoms with van der Waals surface area (Å²) in [6.45, 7) is 1.90. The average Bonchev–Trinajstić information content (AvgIpc) is 3.54. The Morgan fingerprint density at radius 3 is 2.16 bits per heavy atom. The van der Waals surface area contributed by atoms with Gasteiger partial charge in [0.2, 0.25) is 11.8 Å². The number of aryl methyl sites for hydroxylation is 1. The van der Waals surface area contributed by atoms with Gasteiger partial charge >= 0.3 is 0 Å². The average molecular weight is 433 g/mol. The van der Waals surface area contributed by atoms with E-state index in [0.29, 0.717) is 33.8 Å². The number of carbonyl (C=O) groups is 3. The molecule has 156 valence electrons. The molecule has 4 aliphatic carbocycles. The van der Waals surface area contributed by atoms with E-state index in [4.69, 9.17) is 11.6 Å². The molecule has 31 heavy (non-hydrogen) atoms. The predicted octanol–water partition coefficient (Wildman–Crippen LogP) is 4.46. The maximum atomic E-state index is 13.2. The van der Waals surface area contributed by atoms with Gasteiger partial charge in [0, 0.05) is 16.3 Å². The fourth-order valence-corrected chi connectivity index (χ4v) is 6.03. The fourth-order valence-electron chi connectivity index (χ4n) is 5.85. The molecular weight excluding hydrogens is 412 g/mol. The lowest BCUT2D eigenvalue weighted by atomic mass is 9.63. The Morgan fingerprint density at radius 2 is 1.58 bits per heavy atom. The van der Waals surface area contributed by atoms with Gasteiger partial charge in [0.05, 0.1) is 17.5 Å². The SMILES string of the molecule is Cc1ccc(NC(=O)c2ccc(N3C(=O)[C@H]4[C@@H]5C=C[C@H]([C@H]6C[C@H]56)[C@@H]4C3=O)cc2)cc1Cl. The number of allylic oxidation sites excluding steroid dienone is 2. The quantitative estimate of drug-likeness (QED) is 0.575. The van der Waals surface area contributed by atoms with Crippen molar-refractivity contribution < 1.29 is 14.4 Å². The summed E-state index contributed by atoms with van der Waals surface area (Å²) in [4.78, 5) is 40.4. The van der Waals surface area contributed by atoms with E-state index in [2.05, 4.69) is 17.5 Å². The van der Waals surface area contributed by atoms with Crippen LogP contribution < -0.4 is 10.2 Å². The van der Waals surface area contributed by atoms with E-state index in [0.717, 1.165) is 12.0 Å². The summed E-state index contributed by atoms with van der Waals surface area (Å²) in [5.74, 6) is 0.657. The minimum atomic E-state index is -0.276. The molecule has 1 heterocycles. The first-order chi connectivity index (χ1) is 14.9. The standard InChI is InChI=1S/C25H21ClN2O3/c1-12-2-5-14(10-20(12)26)27-23(29)13-3-6-15(7-4-13)28-24(30)21-16-8-9-17(19-11-18(16)19)22(21)25(28)31/h2-10,16-19,21-22H,11H2,1H3,(H,27,29)/t16-,17-,18-,19-,21+,22+/m1/s1. The van der Waals surface area contributed by atoms with Gasteiger partial charge in [0.15, 0.2) is 0 Å². The lowest BCUT2D eigenvalue weighted by Crippen LogP contribution is -2.40. The van der Waals surface area contributed by atoms with E-state index in [1.165, 1.54) is 4.90 Å². The minimum absolute atomic E-state index is 0.0915. The topological polar surface area (TPSA) is 66.5 Å². The van der Waals surface area contributed by atoms with Crippen molar-refractivity contribution >= 4 is 40.7 Å². The van der Waals surface area contributed by atoms with Gasteiger partial charge in [0.25, 0.3) is 5.91 Å². The summed E-state index contributed by atoms with van der Waals surface area (Å²) in [6, 6.07) is 12.0. The van der Waals surface area contributed by atoms with Crippen molar-refractivity contribution in [1.29, 1.82) is 0 Å². The lowest BCUT2D eigenvalue weighted by molar-refractivity contribution is -0.124. The van der Waals surface area contributed by atoms with Gasteiger partial charge in [-0.3, -0.25) is 19.3 Å². The number of anilines is 2. The fraction of sp³-hybridized carbons (Fsp3) is 0.320. The molecule has 0 aromatic heterocycles. The number of nitrogens with zero attached hydrogens (tertiary/aromatic N) is 1. The first-order valence-corrected chi connectivity index (χ1v) is 11.1. The van der Waals surface area contributed by atoms with Crippen molar-refractivity contribution in [2.45, 2.75) is 13.3 Å². The monoisotopic (exact) mass is 432 g/mol. The van der Waals surface area contributed by atoms with Crippen LogP contribution in [-0.2, 0) is 9.59 Å². The molecule has 1 N–H and O–H groups in total. The molecule has 0 radical (unpaired) electrons. The second-order valence-corrected chi connectivity index (χ2v) is 9.54. The zero-order valence-corrected chi connectivity index (χ0v) is 17.7. The molecule has 1 aliphatic heterocycles. The van der Waals surface area contributed by atoms with Crippen LogP contribution in [0.2, 0.25) is 5.02 Å². The van der Waals surface area contributed by atoms with E-state index in [1.54, 1.807) is 36.4 Å². The van der Waals surface area contributed by atoms with Crippen LogP contribution in [0, 0.1) is 42.4 Å². The predicted molar refractivity (Wildman–Crippen MR) is 118 cm³/mol. The number of hydrogen-bond donors (Lipinski definition) is 1. The highest BCUT2D eigenvalue weighted by Crippen LogP contribution is 2.65. The summed E-state index contributed by atoms with van der Waals surface area (Å²) in [6.07, 6.45) is 5.48. The van der Waals surface area contributed by atoms with Gasteiger partial charge in [-0.05, 0) is 79.0 Å². The third-order valence-corrected chi connectivity index (χ3v) is 7.89. The molecule has 5 nitrogen and oxygen atoms in total. The van der Waals surface area contributed by atoms with Gasteiger partial charge in [-0.25, -0.2) is 0 Å². The van der Waals surface area contributed by atoms with Crippen LogP contribution in [0.25, 0.3) is 0 Å². The lowest BCUT2D eigenvalue weighted by Gasteiger charge is -2.37. The van der Waals surface area contributed by atoms with Crippen molar-refractivity contribution in [1.82, 2.24) is 0 Å². The number of benzene rings is 2. The van der Waals surface area contributed by atoms with Crippen molar-refractivity contribution in [2.75, 3.05) is 10.2 Å². The first kappa shape index (κ1) is 18.8. The van der Waals surface area contributed by atoms with Gasteiger partial charge in [-0.1, -0.05) is 29.8 Å². The zero-order chi connectivity index (χ0) is 21.4. The van der Waals surface area contributed by atoms with Gasteiger partial charge in [0.1, 0.15) is 0 Å². The van der Waals surface area contributed by atoms with Crippen molar-refractivity contribution in [3.05, 3.63) is 70.8 Å². The molecule has 0 spiro atoms. The Morgan fingerprint density at radius 1 is 0.968 bits per heavy atom. The van der Waals surface area contributed by atoms with E-state index in [-0.39, 0.29) is 41.4 Å².